The Balaban J connectivity index is 1.41. The van der Waals surface area contributed by atoms with E-state index in [-0.39, 0.29) is 17.4 Å². The van der Waals surface area contributed by atoms with Crippen LogP contribution in [-0.2, 0) is 18.4 Å². The summed E-state index contributed by atoms with van der Waals surface area (Å²) in [4.78, 5) is 27.2. The molecule has 0 unspecified atom stereocenters. The van der Waals surface area contributed by atoms with Crippen LogP contribution in [0.1, 0.15) is 37.9 Å². The maximum Gasteiger partial charge on any atom is 0.262 e. The molecule has 2 aliphatic rings. The molecule has 1 saturated heterocycles. The van der Waals surface area contributed by atoms with E-state index >= 15 is 0 Å². The van der Waals surface area contributed by atoms with Gasteiger partial charge in [-0.15, -0.1) is 10.2 Å². The van der Waals surface area contributed by atoms with Gasteiger partial charge in [-0.1, -0.05) is 18.6 Å². The number of nitrogens with zero attached hydrogens (tertiary/aromatic N) is 5. The predicted molar refractivity (Wildman–Crippen MR) is 110 cm³/mol. The van der Waals surface area contributed by atoms with Gasteiger partial charge in [0.25, 0.3) is 5.56 Å². The van der Waals surface area contributed by atoms with Gasteiger partial charge in [0.1, 0.15) is 0 Å². The number of likely N-dealkylation sites (tertiary alicyclic amines) is 1. The molecule has 0 bridgehead atoms. The first-order valence-electron chi connectivity index (χ1n) is 10.5. The Labute approximate surface area is 168 Å². The molecule has 2 aromatic heterocycles. The number of amides is 1. The average molecular weight is 394 g/mol. The molecule has 3 aromatic rings. The lowest BCUT2D eigenvalue weighted by molar-refractivity contribution is -0.127. The number of aromatic nitrogens is 4. The Morgan fingerprint density at radius 1 is 1.17 bits per heavy atom. The molecule has 29 heavy (non-hydrogen) atoms. The maximum absolute atomic E-state index is 12.6. The van der Waals surface area contributed by atoms with Crippen molar-refractivity contribution in [3.05, 3.63) is 40.4 Å². The minimum atomic E-state index is -0.0650. The molecule has 152 valence electrons. The fraction of sp³-hybridized carbons (Fsp3) is 0.524. The summed E-state index contributed by atoms with van der Waals surface area (Å²) < 4.78 is 3.54. The smallest absolute Gasteiger partial charge is 0.262 e. The van der Waals surface area contributed by atoms with Crippen LogP contribution in [0.3, 0.4) is 0 Å². The molecule has 5 rings (SSSR count). The van der Waals surface area contributed by atoms with E-state index in [9.17, 15) is 9.59 Å². The third kappa shape index (κ3) is 3.11. The second-order valence-electron chi connectivity index (χ2n) is 8.27. The number of hydrogen-bond donors (Lipinski definition) is 1. The molecular weight excluding hydrogens is 368 g/mol. The lowest BCUT2D eigenvalue weighted by Crippen LogP contribution is -2.43. The number of hydrogen-bond acceptors (Lipinski definition) is 5. The molecule has 2 fully saturated rings. The fourth-order valence-electron chi connectivity index (χ4n) is 4.54. The molecule has 1 amide bonds. The molecular formula is C21H26N6O2. The van der Waals surface area contributed by atoms with Gasteiger partial charge in [-0.05, 0) is 44.4 Å². The van der Waals surface area contributed by atoms with Gasteiger partial charge in [-0.2, -0.15) is 0 Å². The second-order valence-corrected chi connectivity index (χ2v) is 8.27. The van der Waals surface area contributed by atoms with Crippen molar-refractivity contribution in [2.45, 2.75) is 44.7 Å². The van der Waals surface area contributed by atoms with Crippen molar-refractivity contribution in [3.63, 3.8) is 0 Å². The van der Waals surface area contributed by atoms with Crippen LogP contribution in [0.15, 0.2) is 29.1 Å². The molecule has 0 spiro atoms. The lowest BCUT2D eigenvalue weighted by Gasteiger charge is -2.27. The maximum atomic E-state index is 12.6. The first-order valence-corrected chi connectivity index (χ1v) is 10.5. The molecule has 8 heteroatoms. The SMILES string of the molecule is Cn1c(=O)c2ccccc2n2c(CN3CCC[C@@H]3CNC(=O)C3CCC3)nnc12. The van der Waals surface area contributed by atoms with Crippen LogP contribution in [0.2, 0.25) is 0 Å². The van der Waals surface area contributed by atoms with E-state index in [4.69, 9.17) is 0 Å². The van der Waals surface area contributed by atoms with Crippen LogP contribution in [-0.4, -0.2) is 49.1 Å². The minimum Gasteiger partial charge on any atom is -0.354 e. The summed E-state index contributed by atoms with van der Waals surface area (Å²) in [6.45, 7) is 2.31. The van der Waals surface area contributed by atoms with Crippen LogP contribution < -0.4 is 10.9 Å². The summed E-state index contributed by atoms with van der Waals surface area (Å²) in [5.41, 5.74) is 0.768. The van der Waals surface area contributed by atoms with Gasteiger partial charge in [-0.3, -0.25) is 23.5 Å². The number of carbonyl (C=O) groups is 1. The zero-order valence-corrected chi connectivity index (χ0v) is 16.7. The molecule has 3 heterocycles. The molecule has 8 nitrogen and oxygen atoms in total. The number of rotatable bonds is 5. The standard InChI is InChI=1S/C21H26N6O2/c1-25-20(29)16-9-2-3-10-17(16)27-18(23-24-21(25)27)13-26-11-5-8-15(26)12-22-19(28)14-6-4-7-14/h2-3,9-10,14-15H,4-8,11-13H2,1H3,(H,22,28)/t15-/m1/s1. The summed E-state index contributed by atoms with van der Waals surface area (Å²) in [5.74, 6) is 1.80. The van der Waals surface area contributed by atoms with Crippen molar-refractivity contribution in [2.75, 3.05) is 13.1 Å². The quantitative estimate of drug-likeness (QED) is 0.708. The first-order chi connectivity index (χ1) is 14.1. The molecule has 1 aliphatic heterocycles. The number of para-hydroxylation sites is 1. The second kappa shape index (κ2) is 7.26. The average Bonchev–Trinajstić information content (AvgIpc) is 3.30. The fourth-order valence-corrected chi connectivity index (χ4v) is 4.54. The summed E-state index contributed by atoms with van der Waals surface area (Å²) in [6, 6.07) is 7.90. The van der Waals surface area contributed by atoms with Gasteiger partial charge >= 0.3 is 0 Å². The topological polar surface area (TPSA) is 84.5 Å². The monoisotopic (exact) mass is 394 g/mol. The van der Waals surface area contributed by atoms with Crippen molar-refractivity contribution in [3.8, 4) is 0 Å². The highest BCUT2D eigenvalue weighted by molar-refractivity contribution is 5.80. The largest absolute Gasteiger partial charge is 0.354 e. The number of benzene rings is 1. The Kier molecular flexibility index (Phi) is 4.58. The van der Waals surface area contributed by atoms with Gasteiger partial charge in [0.15, 0.2) is 5.82 Å². The van der Waals surface area contributed by atoms with E-state index < -0.39 is 0 Å². The molecule has 0 radical (unpaired) electrons. The van der Waals surface area contributed by atoms with Crippen LogP contribution >= 0.6 is 0 Å². The van der Waals surface area contributed by atoms with Gasteiger partial charge in [-0.25, -0.2) is 0 Å². The van der Waals surface area contributed by atoms with Gasteiger partial charge in [0.05, 0.1) is 17.4 Å². The lowest BCUT2D eigenvalue weighted by atomic mass is 9.85. The first kappa shape index (κ1) is 18.3. The van der Waals surface area contributed by atoms with E-state index in [0.717, 1.165) is 43.6 Å². The van der Waals surface area contributed by atoms with Gasteiger partial charge in [0, 0.05) is 25.6 Å². The van der Waals surface area contributed by atoms with E-state index in [2.05, 4.69) is 20.4 Å². The number of fused-ring (bicyclic) bond motifs is 3. The van der Waals surface area contributed by atoms with Crippen LogP contribution in [0, 0.1) is 5.92 Å². The summed E-state index contributed by atoms with van der Waals surface area (Å²) >= 11 is 0. The highest BCUT2D eigenvalue weighted by atomic mass is 16.2. The van der Waals surface area contributed by atoms with Crippen molar-refractivity contribution < 1.29 is 4.79 Å². The normalized spacial score (nSPS) is 20.4. The van der Waals surface area contributed by atoms with Gasteiger partial charge in [0.2, 0.25) is 11.7 Å². The molecule has 1 atom stereocenters. The van der Waals surface area contributed by atoms with Crippen molar-refractivity contribution in [2.24, 2.45) is 13.0 Å². The Hall–Kier alpha value is -2.74. The highest BCUT2D eigenvalue weighted by Crippen LogP contribution is 2.26. The Morgan fingerprint density at radius 3 is 2.79 bits per heavy atom. The molecule has 1 N–H and O–H groups in total. The summed E-state index contributed by atoms with van der Waals surface area (Å²) in [5, 5.41) is 12.5. The van der Waals surface area contributed by atoms with Crippen molar-refractivity contribution in [1.82, 2.24) is 29.4 Å². The molecule has 1 aliphatic carbocycles. The third-order valence-electron chi connectivity index (χ3n) is 6.52. The Bertz CT molecular complexity index is 1130. The predicted octanol–water partition coefficient (Wildman–Crippen LogP) is 1.46. The highest BCUT2D eigenvalue weighted by Gasteiger charge is 2.29. The summed E-state index contributed by atoms with van der Waals surface area (Å²) in [7, 11) is 1.73. The van der Waals surface area contributed by atoms with Crippen molar-refractivity contribution >= 4 is 22.6 Å². The van der Waals surface area contributed by atoms with Crippen LogP contribution in [0.5, 0.6) is 0 Å². The van der Waals surface area contributed by atoms with Crippen LogP contribution in [0.25, 0.3) is 16.7 Å². The summed E-state index contributed by atoms with van der Waals surface area (Å²) in [6.07, 6.45) is 5.40. The van der Waals surface area contributed by atoms with E-state index in [1.807, 2.05) is 28.7 Å². The van der Waals surface area contributed by atoms with Gasteiger partial charge < -0.3 is 5.32 Å². The van der Waals surface area contributed by atoms with E-state index in [1.165, 1.54) is 6.42 Å². The number of aryl methyl sites for hydroxylation is 1. The van der Waals surface area contributed by atoms with E-state index in [0.29, 0.717) is 30.3 Å². The van der Waals surface area contributed by atoms with Crippen LogP contribution in [0.4, 0.5) is 0 Å². The van der Waals surface area contributed by atoms with Crippen molar-refractivity contribution in [1.29, 1.82) is 0 Å². The zero-order chi connectivity index (χ0) is 20.0. The molecule has 1 aromatic carbocycles. The molecule has 1 saturated carbocycles. The number of nitrogens with one attached hydrogen (secondary N) is 1. The zero-order valence-electron chi connectivity index (χ0n) is 16.7. The van der Waals surface area contributed by atoms with E-state index in [1.54, 1.807) is 11.6 Å². The number of carbonyl (C=O) groups excluding carboxylic acids is 1. The Morgan fingerprint density at radius 2 is 2.00 bits per heavy atom. The minimum absolute atomic E-state index is 0.0650. The third-order valence-corrected chi connectivity index (χ3v) is 6.52.